The van der Waals surface area contributed by atoms with Crippen molar-refractivity contribution >= 4 is 39.0 Å². The molecule has 0 spiro atoms. The van der Waals surface area contributed by atoms with E-state index in [1.807, 2.05) is 31.3 Å². The van der Waals surface area contributed by atoms with Crippen LogP contribution in [0.2, 0.25) is 5.15 Å². The van der Waals surface area contributed by atoms with E-state index in [1.54, 1.807) is 4.90 Å². The number of nitrogens with zero attached hydrogens (tertiary/aromatic N) is 3. The van der Waals surface area contributed by atoms with Gasteiger partial charge in [0.05, 0.1) is 17.1 Å². The van der Waals surface area contributed by atoms with E-state index in [2.05, 4.69) is 20.9 Å². The molecule has 0 bridgehead atoms. The van der Waals surface area contributed by atoms with E-state index < -0.39 is 4.92 Å². The van der Waals surface area contributed by atoms with Gasteiger partial charge in [0.1, 0.15) is 11.0 Å². The minimum atomic E-state index is -0.483. The molecule has 2 rings (SSSR count). The Morgan fingerprint density at radius 2 is 2.10 bits per heavy atom. The van der Waals surface area contributed by atoms with Crippen molar-refractivity contribution in [1.29, 1.82) is 0 Å². The van der Waals surface area contributed by atoms with Crippen molar-refractivity contribution in [3.8, 4) is 0 Å². The summed E-state index contributed by atoms with van der Waals surface area (Å²) in [5.41, 5.74) is 0.985. The van der Waals surface area contributed by atoms with Crippen molar-refractivity contribution in [2.75, 3.05) is 11.9 Å². The Labute approximate surface area is 129 Å². The Kier molecular flexibility index (Phi) is 4.57. The van der Waals surface area contributed by atoms with Crippen LogP contribution in [0.3, 0.4) is 0 Å². The lowest BCUT2D eigenvalue weighted by atomic mass is 10.2. The molecule has 0 radical (unpaired) electrons. The van der Waals surface area contributed by atoms with Gasteiger partial charge in [-0.1, -0.05) is 45.7 Å². The molecule has 0 aliphatic rings. The minimum absolute atomic E-state index is 0.0704. The number of aromatic nitrogens is 1. The first-order valence-electron chi connectivity index (χ1n) is 5.74. The van der Waals surface area contributed by atoms with Crippen LogP contribution in [0, 0.1) is 10.1 Å². The molecule has 0 aliphatic carbocycles. The molecule has 7 heteroatoms. The van der Waals surface area contributed by atoms with Crippen molar-refractivity contribution in [2.24, 2.45) is 0 Å². The van der Waals surface area contributed by atoms with Crippen molar-refractivity contribution in [1.82, 2.24) is 4.98 Å². The molecule has 0 saturated carbocycles. The number of halogens is 2. The number of hydrogen-bond donors (Lipinski definition) is 0. The highest BCUT2D eigenvalue weighted by Crippen LogP contribution is 2.25. The van der Waals surface area contributed by atoms with Crippen LogP contribution in [0.1, 0.15) is 5.56 Å². The molecule has 1 aromatic carbocycles. The van der Waals surface area contributed by atoms with Crippen molar-refractivity contribution in [2.45, 2.75) is 6.54 Å². The molecule has 0 fully saturated rings. The number of nitro groups is 1. The first-order valence-corrected chi connectivity index (χ1v) is 6.91. The predicted molar refractivity (Wildman–Crippen MR) is 82.2 cm³/mol. The lowest BCUT2D eigenvalue weighted by Gasteiger charge is -2.19. The average Bonchev–Trinajstić information content (AvgIpc) is 2.40. The third-order valence-corrected chi connectivity index (χ3v) is 3.70. The van der Waals surface area contributed by atoms with Crippen molar-refractivity contribution in [3.63, 3.8) is 0 Å². The zero-order valence-electron chi connectivity index (χ0n) is 10.6. The highest BCUT2D eigenvalue weighted by molar-refractivity contribution is 9.10. The molecular weight excluding hydrogens is 346 g/mol. The van der Waals surface area contributed by atoms with Crippen molar-refractivity contribution in [3.05, 3.63) is 61.7 Å². The van der Waals surface area contributed by atoms with Crippen LogP contribution < -0.4 is 4.90 Å². The molecule has 0 saturated heterocycles. The predicted octanol–water partition coefficient (Wildman–Crippen LogP) is 4.04. The maximum Gasteiger partial charge on any atom is 0.276 e. The summed E-state index contributed by atoms with van der Waals surface area (Å²) in [5.74, 6) is 0.458. The molecule has 0 atom stereocenters. The highest BCUT2D eigenvalue weighted by atomic mass is 79.9. The summed E-state index contributed by atoms with van der Waals surface area (Å²) in [6.45, 7) is 0.561. The highest BCUT2D eigenvalue weighted by Gasteiger charge is 2.13. The zero-order valence-corrected chi connectivity index (χ0v) is 12.9. The molecule has 0 aliphatic heterocycles. The maximum atomic E-state index is 10.8. The van der Waals surface area contributed by atoms with E-state index in [-0.39, 0.29) is 10.8 Å². The Morgan fingerprint density at radius 3 is 2.75 bits per heavy atom. The molecule has 5 nitrogen and oxygen atoms in total. The third-order valence-electron chi connectivity index (χ3n) is 2.73. The summed E-state index contributed by atoms with van der Waals surface area (Å²) >= 11 is 9.29. The molecule has 0 unspecified atom stereocenters. The molecule has 1 aromatic heterocycles. The lowest BCUT2D eigenvalue weighted by Crippen LogP contribution is -2.18. The molecule has 0 amide bonds. The Morgan fingerprint density at radius 1 is 1.40 bits per heavy atom. The van der Waals surface area contributed by atoms with Crippen LogP contribution in [-0.2, 0) is 6.54 Å². The van der Waals surface area contributed by atoms with E-state index in [0.29, 0.717) is 12.4 Å². The lowest BCUT2D eigenvalue weighted by molar-refractivity contribution is -0.384. The third kappa shape index (κ3) is 3.46. The van der Waals surface area contributed by atoms with Gasteiger partial charge >= 0.3 is 0 Å². The van der Waals surface area contributed by atoms with Crippen LogP contribution >= 0.6 is 27.5 Å². The molecule has 2 aromatic rings. The normalized spacial score (nSPS) is 10.3. The summed E-state index contributed by atoms with van der Waals surface area (Å²) in [4.78, 5) is 16.3. The minimum Gasteiger partial charge on any atom is -0.355 e. The van der Waals surface area contributed by atoms with Gasteiger partial charge in [-0.05, 0) is 11.6 Å². The van der Waals surface area contributed by atoms with E-state index in [4.69, 9.17) is 11.6 Å². The standard InChI is InChI=1S/C13H11BrClN3O2/c1-17(8-9-4-2-3-5-11(9)14)13-7-10(18(19)20)6-12(15)16-13/h2-7H,8H2,1H3. The molecule has 20 heavy (non-hydrogen) atoms. The summed E-state index contributed by atoms with van der Waals surface area (Å²) in [7, 11) is 1.81. The number of anilines is 1. The Bertz CT molecular complexity index is 651. The number of hydrogen-bond acceptors (Lipinski definition) is 4. The maximum absolute atomic E-state index is 10.8. The van der Waals surface area contributed by atoms with Crippen LogP contribution in [0.4, 0.5) is 11.5 Å². The summed E-state index contributed by atoms with van der Waals surface area (Å²) in [6.07, 6.45) is 0. The Hall–Kier alpha value is -1.66. The SMILES string of the molecule is CN(Cc1ccccc1Br)c1cc([N+](=O)[O-])cc(Cl)n1. The van der Waals surface area contributed by atoms with E-state index in [1.165, 1.54) is 12.1 Å². The van der Waals surface area contributed by atoms with Gasteiger partial charge in [-0.15, -0.1) is 0 Å². The van der Waals surface area contributed by atoms with Crippen LogP contribution in [0.25, 0.3) is 0 Å². The van der Waals surface area contributed by atoms with Crippen molar-refractivity contribution < 1.29 is 4.92 Å². The first kappa shape index (κ1) is 14.7. The smallest absolute Gasteiger partial charge is 0.276 e. The molecule has 1 heterocycles. The van der Waals surface area contributed by atoms with Gasteiger partial charge in [-0.3, -0.25) is 10.1 Å². The monoisotopic (exact) mass is 355 g/mol. The van der Waals surface area contributed by atoms with Gasteiger partial charge in [0, 0.05) is 18.1 Å². The van der Waals surface area contributed by atoms with Crippen LogP contribution in [0.5, 0.6) is 0 Å². The molecule has 0 N–H and O–H groups in total. The number of benzene rings is 1. The van der Waals surface area contributed by atoms with E-state index in [0.717, 1.165) is 10.0 Å². The van der Waals surface area contributed by atoms with E-state index >= 15 is 0 Å². The Balaban J connectivity index is 2.27. The summed E-state index contributed by atoms with van der Waals surface area (Å²) in [6, 6.07) is 10.4. The first-order chi connectivity index (χ1) is 9.47. The largest absolute Gasteiger partial charge is 0.355 e. The van der Waals surface area contributed by atoms with Gasteiger partial charge < -0.3 is 4.90 Å². The van der Waals surface area contributed by atoms with Gasteiger partial charge in [0.2, 0.25) is 0 Å². The topological polar surface area (TPSA) is 59.3 Å². The fourth-order valence-corrected chi connectivity index (χ4v) is 2.34. The summed E-state index contributed by atoms with van der Waals surface area (Å²) in [5, 5.41) is 10.9. The number of rotatable bonds is 4. The van der Waals surface area contributed by atoms with Gasteiger partial charge in [-0.25, -0.2) is 4.98 Å². The second-order valence-corrected chi connectivity index (χ2v) is 5.45. The summed E-state index contributed by atoms with van der Waals surface area (Å²) < 4.78 is 0.975. The average molecular weight is 357 g/mol. The zero-order chi connectivity index (χ0) is 14.7. The van der Waals surface area contributed by atoms with Crippen LogP contribution in [-0.4, -0.2) is 17.0 Å². The van der Waals surface area contributed by atoms with Gasteiger partial charge in [0.25, 0.3) is 5.69 Å². The fourth-order valence-electron chi connectivity index (χ4n) is 1.73. The second-order valence-electron chi connectivity index (χ2n) is 4.21. The number of pyridine rings is 1. The second kappa shape index (κ2) is 6.19. The van der Waals surface area contributed by atoms with E-state index in [9.17, 15) is 10.1 Å². The molecular formula is C13H11BrClN3O2. The molecule has 104 valence electrons. The fraction of sp³-hybridized carbons (Fsp3) is 0.154. The quantitative estimate of drug-likeness (QED) is 0.471. The van der Waals surface area contributed by atoms with Gasteiger partial charge in [-0.2, -0.15) is 0 Å². The van der Waals surface area contributed by atoms with Gasteiger partial charge in [0.15, 0.2) is 0 Å². The van der Waals surface area contributed by atoms with Crippen LogP contribution in [0.15, 0.2) is 40.9 Å².